The molecule has 6 nitrogen and oxygen atoms in total. The highest BCUT2D eigenvalue weighted by atomic mass is 16.5. The number of hydrogen-bond donors (Lipinski definition) is 2. The SMILES string of the molecule is CN(Cc1ccccc1O)C(=O)[C@@H]1CC[C@H](C(=O)O)O1. The largest absolute Gasteiger partial charge is 0.508 e. The monoisotopic (exact) mass is 279 g/mol. The molecule has 0 bridgehead atoms. The van der Waals surface area contributed by atoms with Crippen molar-refractivity contribution in [3.63, 3.8) is 0 Å². The summed E-state index contributed by atoms with van der Waals surface area (Å²) in [4.78, 5) is 24.4. The maximum atomic E-state index is 12.2. The molecular weight excluding hydrogens is 262 g/mol. The predicted molar refractivity (Wildman–Crippen MR) is 70.1 cm³/mol. The van der Waals surface area contributed by atoms with Crippen molar-refractivity contribution < 1.29 is 24.5 Å². The highest BCUT2D eigenvalue weighted by molar-refractivity contribution is 5.82. The maximum Gasteiger partial charge on any atom is 0.332 e. The lowest BCUT2D eigenvalue weighted by Gasteiger charge is -2.21. The highest BCUT2D eigenvalue weighted by Crippen LogP contribution is 2.23. The van der Waals surface area contributed by atoms with E-state index in [1.165, 1.54) is 4.90 Å². The average molecular weight is 279 g/mol. The van der Waals surface area contributed by atoms with Crippen molar-refractivity contribution in [3.05, 3.63) is 29.8 Å². The number of phenols is 1. The molecule has 2 rings (SSSR count). The van der Waals surface area contributed by atoms with Gasteiger partial charge < -0.3 is 19.8 Å². The standard InChI is InChI=1S/C14H17NO5/c1-15(8-9-4-2-3-5-10(9)16)13(17)11-6-7-12(20-11)14(18)19/h2-5,11-12,16H,6-8H2,1H3,(H,18,19)/t11-,12+/m0/s1. The molecule has 1 aliphatic heterocycles. The molecule has 1 aromatic carbocycles. The number of carbonyl (C=O) groups excluding carboxylic acids is 1. The number of carbonyl (C=O) groups is 2. The van der Waals surface area contributed by atoms with Crippen molar-refractivity contribution in [1.29, 1.82) is 0 Å². The molecule has 6 heteroatoms. The molecule has 0 aliphatic carbocycles. The molecule has 108 valence electrons. The van der Waals surface area contributed by atoms with Crippen LogP contribution in [0.1, 0.15) is 18.4 Å². The molecule has 0 radical (unpaired) electrons. The Bertz CT molecular complexity index is 516. The number of aliphatic carboxylic acids is 1. The summed E-state index contributed by atoms with van der Waals surface area (Å²) in [5, 5.41) is 18.5. The Hall–Kier alpha value is -2.08. The number of ether oxygens (including phenoxy) is 1. The van der Waals surface area contributed by atoms with Gasteiger partial charge in [0.25, 0.3) is 5.91 Å². The molecule has 0 unspecified atom stereocenters. The molecule has 2 atom stereocenters. The third-order valence-electron chi connectivity index (χ3n) is 3.35. The van der Waals surface area contributed by atoms with E-state index in [1.54, 1.807) is 31.3 Å². The molecule has 20 heavy (non-hydrogen) atoms. The number of benzene rings is 1. The van der Waals surface area contributed by atoms with E-state index < -0.39 is 18.2 Å². The van der Waals surface area contributed by atoms with Gasteiger partial charge in [0.05, 0.1) is 0 Å². The fourth-order valence-corrected chi connectivity index (χ4v) is 2.22. The molecule has 1 fully saturated rings. The van der Waals surface area contributed by atoms with Crippen molar-refractivity contribution in [1.82, 2.24) is 4.90 Å². The summed E-state index contributed by atoms with van der Waals surface area (Å²) in [5.41, 5.74) is 0.635. The Morgan fingerprint density at radius 1 is 1.30 bits per heavy atom. The second-order valence-electron chi connectivity index (χ2n) is 4.85. The summed E-state index contributed by atoms with van der Waals surface area (Å²) >= 11 is 0. The van der Waals surface area contributed by atoms with Crippen LogP contribution in [0.3, 0.4) is 0 Å². The van der Waals surface area contributed by atoms with E-state index in [1.807, 2.05) is 0 Å². The summed E-state index contributed by atoms with van der Waals surface area (Å²) in [6, 6.07) is 6.77. The Balaban J connectivity index is 1.96. The number of phenolic OH excluding ortho intramolecular Hbond substituents is 1. The number of likely N-dealkylation sites (N-methyl/N-ethyl adjacent to an activating group) is 1. The summed E-state index contributed by atoms with van der Waals surface area (Å²) in [6.45, 7) is 0.253. The third-order valence-corrected chi connectivity index (χ3v) is 3.35. The minimum Gasteiger partial charge on any atom is -0.508 e. The van der Waals surface area contributed by atoms with Crippen molar-refractivity contribution in [2.75, 3.05) is 7.05 Å². The van der Waals surface area contributed by atoms with Crippen molar-refractivity contribution in [2.24, 2.45) is 0 Å². The van der Waals surface area contributed by atoms with E-state index in [0.717, 1.165) is 0 Å². The molecule has 1 aromatic rings. The zero-order valence-electron chi connectivity index (χ0n) is 11.2. The van der Waals surface area contributed by atoms with Crippen LogP contribution >= 0.6 is 0 Å². The number of carboxylic acids is 1. The molecule has 1 heterocycles. The molecule has 0 saturated carbocycles. The fraction of sp³-hybridized carbons (Fsp3) is 0.429. The van der Waals surface area contributed by atoms with Gasteiger partial charge in [0.15, 0.2) is 6.10 Å². The Labute approximate surface area is 116 Å². The van der Waals surface area contributed by atoms with Crippen molar-refractivity contribution >= 4 is 11.9 Å². The van der Waals surface area contributed by atoms with Crippen LogP contribution in [0, 0.1) is 0 Å². The predicted octanol–water partition coefficient (Wildman–Crippen LogP) is 0.983. The van der Waals surface area contributed by atoms with Crippen LogP contribution in [-0.4, -0.2) is 46.2 Å². The van der Waals surface area contributed by atoms with Gasteiger partial charge >= 0.3 is 5.97 Å². The topological polar surface area (TPSA) is 87.1 Å². The van der Waals surface area contributed by atoms with Gasteiger partial charge in [0.1, 0.15) is 11.9 Å². The van der Waals surface area contributed by atoms with Crippen LogP contribution in [0.4, 0.5) is 0 Å². The molecule has 2 N–H and O–H groups in total. The van der Waals surface area contributed by atoms with E-state index in [4.69, 9.17) is 9.84 Å². The summed E-state index contributed by atoms with van der Waals surface area (Å²) in [7, 11) is 1.60. The Kier molecular flexibility index (Phi) is 4.24. The van der Waals surface area contributed by atoms with E-state index in [9.17, 15) is 14.7 Å². The summed E-state index contributed by atoms with van der Waals surface area (Å²) < 4.78 is 5.22. The maximum absolute atomic E-state index is 12.2. The van der Waals surface area contributed by atoms with E-state index in [-0.39, 0.29) is 18.2 Å². The molecular formula is C14H17NO5. The molecule has 0 aromatic heterocycles. The zero-order valence-corrected chi connectivity index (χ0v) is 11.2. The normalized spacial score (nSPS) is 21.6. The van der Waals surface area contributed by atoms with Crippen LogP contribution in [0.25, 0.3) is 0 Å². The summed E-state index contributed by atoms with van der Waals surface area (Å²) in [5.74, 6) is -1.18. The fourth-order valence-electron chi connectivity index (χ4n) is 2.22. The second-order valence-corrected chi connectivity index (χ2v) is 4.85. The molecule has 0 spiro atoms. The Morgan fingerprint density at radius 3 is 2.55 bits per heavy atom. The first-order valence-corrected chi connectivity index (χ1v) is 6.39. The number of hydrogen-bond acceptors (Lipinski definition) is 4. The number of carboxylic acid groups (broad SMARTS) is 1. The minimum atomic E-state index is -1.04. The van der Waals surface area contributed by atoms with Gasteiger partial charge in [-0.2, -0.15) is 0 Å². The number of aromatic hydroxyl groups is 1. The van der Waals surface area contributed by atoms with Gasteiger partial charge in [-0.15, -0.1) is 0 Å². The first-order valence-electron chi connectivity index (χ1n) is 6.39. The van der Waals surface area contributed by atoms with E-state index >= 15 is 0 Å². The number of nitrogens with zero attached hydrogens (tertiary/aromatic N) is 1. The number of para-hydroxylation sites is 1. The van der Waals surface area contributed by atoms with Crippen molar-refractivity contribution in [2.45, 2.75) is 31.6 Å². The smallest absolute Gasteiger partial charge is 0.332 e. The Morgan fingerprint density at radius 2 is 1.95 bits per heavy atom. The lowest BCUT2D eigenvalue weighted by atomic mass is 10.1. The van der Waals surface area contributed by atoms with Crippen LogP contribution in [0.15, 0.2) is 24.3 Å². The lowest BCUT2D eigenvalue weighted by molar-refractivity contribution is -0.154. The molecule has 1 saturated heterocycles. The average Bonchev–Trinajstić information content (AvgIpc) is 2.90. The van der Waals surface area contributed by atoms with E-state index in [0.29, 0.717) is 18.4 Å². The second kappa shape index (κ2) is 5.92. The molecule has 1 amide bonds. The molecule has 1 aliphatic rings. The minimum absolute atomic E-state index is 0.128. The van der Waals surface area contributed by atoms with Crippen LogP contribution in [0.2, 0.25) is 0 Å². The first-order chi connectivity index (χ1) is 9.49. The van der Waals surface area contributed by atoms with Crippen LogP contribution < -0.4 is 0 Å². The van der Waals surface area contributed by atoms with Crippen molar-refractivity contribution in [3.8, 4) is 5.75 Å². The van der Waals surface area contributed by atoms with Gasteiger partial charge in [-0.1, -0.05) is 18.2 Å². The summed E-state index contributed by atoms with van der Waals surface area (Å²) in [6.07, 6.45) is -0.869. The van der Waals surface area contributed by atoms with Gasteiger partial charge in [-0.3, -0.25) is 4.79 Å². The number of amides is 1. The van der Waals surface area contributed by atoms with Gasteiger partial charge in [0.2, 0.25) is 0 Å². The highest BCUT2D eigenvalue weighted by Gasteiger charge is 2.36. The van der Waals surface area contributed by atoms with E-state index in [2.05, 4.69) is 0 Å². The van der Waals surface area contributed by atoms with Crippen LogP contribution in [0.5, 0.6) is 5.75 Å². The van der Waals surface area contributed by atoms with Gasteiger partial charge in [-0.05, 0) is 18.9 Å². The quantitative estimate of drug-likeness (QED) is 0.858. The van der Waals surface area contributed by atoms with Gasteiger partial charge in [-0.25, -0.2) is 4.79 Å². The lowest BCUT2D eigenvalue weighted by Crippen LogP contribution is -2.36. The van der Waals surface area contributed by atoms with Crippen LogP contribution in [-0.2, 0) is 20.9 Å². The first kappa shape index (κ1) is 14.3. The zero-order chi connectivity index (χ0) is 14.7. The number of rotatable bonds is 4. The third kappa shape index (κ3) is 3.08. The van der Waals surface area contributed by atoms with Gasteiger partial charge in [0, 0.05) is 19.2 Å².